The van der Waals surface area contributed by atoms with Gasteiger partial charge in [0, 0.05) is 31.6 Å². The molecule has 1 unspecified atom stereocenters. The van der Waals surface area contributed by atoms with Gasteiger partial charge < -0.3 is 15.0 Å². The number of piperidine rings is 1. The van der Waals surface area contributed by atoms with E-state index >= 15 is 0 Å². The number of carbonyl (C=O) groups is 1. The molecule has 1 aliphatic heterocycles. The normalized spacial score (nSPS) is 17.9. The van der Waals surface area contributed by atoms with Crippen molar-refractivity contribution in [1.29, 1.82) is 0 Å². The van der Waals surface area contributed by atoms with E-state index in [1.807, 2.05) is 17.0 Å². The molecule has 1 N–H and O–H groups in total. The molecule has 1 amide bonds. The third kappa shape index (κ3) is 5.24. The van der Waals surface area contributed by atoms with E-state index in [2.05, 4.69) is 31.3 Å². The second-order valence-electron chi connectivity index (χ2n) is 6.70. The van der Waals surface area contributed by atoms with Crippen LogP contribution in [0.4, 0.5) is 0 Å². The topological polar surface area (TPSA) is 41.6 Å². The number of rotatable bonds is 8. The number of nitrogens with one attached hydrogen (secondary N) is 1. The summed E-state index contributed by atoms with van der Waals surface area (Å²) in [6.07, 6.45) is 4.93. The number of methoxy groups -OCH3 is 1. The zero-order valence-corrected chi connectivity index (χ0v) is 14.7. The predicted molar refractivity (Wildman–Crippen MR) is 93.8 cm³/mol. The molecule has 0 aromatic heterocycles. The Morgan fingerprint density at radius 1 is 1.26 bits per heavy atom. The minimum absolute atomic E-state index is 0.0490. The number of hydrogen-bond acceptors (Lipinski definition) is 3. The summed E-state index contributed by atoms with van der Waals surface area (Å²) in [6.45, 7) is 7.06. The van der Waals surface area contributed by atoms with Crippen molar-refractivity contribution in [3.05, 3.63) is 29.8 Å². The van der Waals surface area contributed by atoms with Gasteiger partial charge in [0.05, 0.1) is 7.11 Å². The van der Waals surface area contributed by atoms with Gasteiger partial charge in [0.25, 0.3) is 0 Å². The Labute approximate surface area is 140 Å². The Bertz CT molecular complexity index is 501. The van der Waals surface area contributed by atoms with Gasteiger partial charge in [0.1, 0.15) is 5.75 Å². The van der Waals surface area contributed by atoms with Gasteiger partial charge in [-0.05, 0) is 50.3 Å². The molecule has 0 bridgehead atoms. The third-order valence-corrected chi connectivity index (χ3v) is 4.89. The van der Waals surface area contributed by atoms with Crippen LogP contribution < -0.4 is 10.1 Å². The fourth-order valence-electron chi connectivity index (χ4n) is 3.10. The number of likely N-dealkylation sites (tertiary alicyclic amines) is 1. The number of benzene rings is 1. The lowest BCUT2D eigenvalue weighted by Crippen LogP contribution is -2.48. The van der Waals surface area contributed by atoms with Crippen LogP contribution in [0.1, 0.15) is 45.1 Å². The highest BCUT2D eigenvalue weighted by molar-refractivity contribution is 5.76. The highest BCUT2D eigenvalue weighted by Gasteiger charge is 2.23. The largest absolute Gasteiger partial charge is 0.497 e. The smallest absolute Gasteiger partial charge is 0.222 e. The maximum Gasteiger partial charge on any atom is 0.222 e. The molecule has 0 aliphatic carbocycles. The Morgan fingerprint density at radius 3 is 2.61 bits per heavy atom. The van der Waals surface area contributed by atoms with Crippen molar-refractivity contribution in [2.75, 3.05) is 26.7 Å². The summed E-state index contributed by atoms with van der Waals surface area (Å²) < 4.78 is 5.21. The fraction of sp³-hybridized carbons (Fsp3) is 0.632. The summed E-state index contributed by atoms with van der Waals surface area (Å²) in [5.41, 5.74) is 1.35. The molecule has 1 aromatic carbocycles. The summed E-state index contributed by atoms with van der Waals surface area (Å²) in [5, 5.41) is 3.67. The van der Waals surface area contributed by atoms with Crippen LogP contribution in [0.5, 0.6) is 5.75 Å². The monoisotopic (exact) mass is 318 g/mol. The molecule has 1 atom stereocenters. The molecular formula is C19H30N2O2. The van der Waals surface area contributed by atoms with Crippen molar-refractivity contribution in [3.63, 3.8) is 0 Å². The zero-order chi connectivity index (χ0) is 16.7. The van der Waals surface area contributed by atoms with Crippen LogP contribution in [0.2, 0.25) is 0 Å². The lowest BCUT2D eigenvalue weighted by atomic mass is 9.90. The Morgan fingerprint density at radius 2 is 2.00 bits per heavy atom. The minimum Gasteiger partial charge on any atom is -0.497 e. The average molecular weight is 318 g/mol. The van der Waals surface area contributed by atoms with Crippen LogP contribution in [-0.4, -0.2) is 43.1 Å². The molecule has 1 aliphatic rings. The van der Waals surface area contributed by atoms with Crippen molar-refractivity contribution >= 4 is 5.91 Å². The van der Waals surface area contributed by atoms with Crippen molar-refractivity contribution in [2.45, 2.75) is 51.5 Å². The van der Waals surface area contributed by atoms with E-state index in [0.717, 1.165) is 57.5 Å². The van der Waals surface area contributed by atoms with Gasteiger partial charge in [-0.15, -0.1) is 0 Å². The number of carbonyl (C=O) groups excluding carboxylic acids is 1. The van der Waals surface area contributed by atoms with E-state index in [0.29, 0.717) is 5.91 Å². The molecule has 0 radical (unpaired) electrons. The number of amides is 1. The second-order valence-corrected chi connectivity index (χ2v) is 6.70. The Hall–Kier alpha value is -1.55. The maximum atomic E-state index is 11.9. The lowest BCUT2D eigenvalue weighted by Gasteiger charge is -2.33. The van der Waals surface area contributed by atoms with Gasteiger partial charge in [0.2, 0.25) is 5.91 Å². The SMILES string of the molecule is CCC(C)(Cc1ccc(OC)cc1)NCCN1CCCCC1=O. The van der Waals surface area contributed by atoms with Crippen molar-refractivity contribution in [2.24, 2.45) is 0 Å². The molecule has 128 valence electrons. The van der Waals surface area contributed by atoms with Crippen LogP contribution in [-0.2, 0) is 11.2 Å². The van der Waals surface area contributed by atoms with E-state index in [4.69, 9.17) is 4.74 Å². The lowest BCUT2D eigenvalue weighted by molar-refractivity contribution is -0.133. The van der Waals surface area contributed by atoms with E-state index < -0.39 is 0 Å². The van der Waals surface area contributed by atoms with Crippen molar-refractivity contribution < 1.29 is 9.53 Å². The van der Waals surface area contributed by atoms with Crippen molar-refractivity contribution in [3.8, 4) is 5.75 Å². The Balaban J connectivity index is 1.85. The summed E-state index contributed by atoms with van der Waals surface area (Å²) in [4.78, 5) is 13.9. The van der Waals surface area contributed by atoms with Gasteiger partial charge in [-0.2, -0.15) is 0 Å². The standard InChI is InChI=1S/C19H30N2O2/c1-4-19(2,15-16-8-10-17(23-3)11-9-16)20-12-14-21-13-6-5-7-18(21)22/h8-11,20H,4-7,12-15H2,1-3H3. The van der Waals surface area contributed by atoms with Crippen LogP contribution in [0.3, 0.4) is 0 Å². The molecular weight excluding hydrogens is 288 g/mol. The zero-order valence-electron chi connectivity index (χ0n) is 14.7. The average Bonchev–Trinajstić information content (AvgIpc) is 2.57. The molecule has 0 spiro atoms. The number of nitrogens with zero attached hydrogens (tertiary/aromatic N) is 1. The quantitative estimate of drug-likeness (QED) is 0.801. The highest BCUT2D eigenvalue weighted by atomic mass is 16.5. The first-order valence-corrected chi connectivity index (χ1v) is 8.72. The molecule has 1 fully saturated rings. The molecule has 2 rings (SSSR count). The van der Waals surface area contributed by atoms with Gasteiger partial charge in [-0.25, -0.2) is 0 Å². The molecule has 1 aromatic rings. The van der Waals surface area contributed by atoms with Gasteiger partial charge in [-0.3, -0.25) is 4.79 Å². The first kappa shape index (κ1) is 17.8. The summed E-state index contributed by atoms with van der Waals surface area (Å²) in [7, 11) is 1.69. The summed E-state index contributed by atoms with van der Waals surface area (Å²) >= 11 is 0. The first-order valence-electron chi connectivity index (χ1n) is 8.72. The van der Waals surface area contributed by atoms with Crippen LogP contribution in [0, 0.1) is 0 Å². The Kier molecular flexibility index (Phi) is 6.46. The molecule has 23 heavy (non-hydrogen) atoms. The van der Waals surface area contributed by atoms with Gasteiger partial charge >= 0.3 is 0 Å². The van der Waals surface area contributed by atoms with Crippen molar-refractivity contribution in [1.82, 2.24) is 10.2 Å². The van der Waals surface area contributed by atoms with Gasteiger partial charge in [0.15, 0.2) is 0 Å². The van der Waals surface area contributed by atoms with E-state index in [-0.39, 0.29) is 5.54 Å². The van der Waals surface area contributed by atoms with Gasteiger partial charge in [-0.1, -0.05) is 19.1 Å². The molecule has 0 saturated carbocycles. The number of hydrogen-bond donors (Lipinski definition) is 1. The van der Waals surface area contributed by atoms with Crippen LogP contribution >= 0.6 is 0 Å². The minimum atomic E-state index is 0.0490. The second kappa shape index (κ2) is 8.34. The number of ether oxygens (including phenoxy) is 1. The summed E-state index contributed by atoms with van der Waals surface area (Å²) in [6, 6.07) is 8.28. The molecule has 4 nitrogen and oxygen atoms in total. The molecule has 1 saturated heterocycles. The van der Waals surface area contributed by atoms with E-state index in [1.54, 1.807) is 7.11 Å². The van der Waals surface area contributed by atoms with Crippen LogP contribution in [0.25, 0.3) is 0 Å². The molecule has 1 heterocycles. The fourth-order valence-corrected chi connectivity index (χ4v) is 3.10. The molecule has 4 heteroatoms. The first-order chi connectivity index (χ1) is 11.1. The van der Waals surface area contributed by atoms with Crippen LogP contribution in [0.15, 0.2) is 24.3 Å². The van der Waals surface area contributed by atoms with E-state index in [9.17, 15) is 4.79 Å². The summed E-state index contributed by atoms with van der Waals surface area (Å²) in [5.74, 6) is 1.20. The predicted octanol–water partition coefficient (Wildman–Crippen LogP) is 3.01. The highest BCUT2D eigenvalue weighted by Crippen LogP contribution is 2.19. The third-order valence-electron chi connectivity index (χ3n) is 4.89. The maximum absolute atomic E-state index is 11.9. The van der Waals surface area contributed by atoms with E-state index in [1.165, 1.54) is 5.56 Å².